The van der Waals surface area contributed by atoms with Crippen molar-refractivity contribution in [2.45, 2.75) is 96.9 Å². The molecule has 1 fully saturated rings. The van der Waals surface area contributed by atoms with Crippen molar-refractivity contribution in [2.75, 3.05) is 0 Å². The van der Waals surface area contributed by atoms with E-state index < -0.39 is 0 Å². The van der Waals surface area contributed by atoms with Gasteiger partial charge in [-0.2, -0.15) is 0 Å². The summed E-state index contributed by atoms with van der Waals surface area (Å²) in [6.45, 7) is 35.2. The summed E-state index contributed by atoms with van der Waals surface area (Å²) >= 11 is 0. The lowest BCUT2D eigenvalue weighted by Crippen LogP contribution is -2.56. The van der Waals surface area contributed by atoms with E-state index in [4.69, 9.17) is 0 Å². The van der Waals surface area contributed by atoms with Crippen LogP contribution in [0.15, 0.2) is 0 Å². The van der Waals surface area contributed by atoms with Gasteiger partial charge in [-0.05, 0) is 50.7 Å². The Morgan fingerprint density at radius 1 is 0.739 bits per heavy atom. The Bertz CT molecular complexity index is 435. The summed E-state index contributed by atoms with van der Waals surface area (Å²) in [5, 5.41) is 0. The highest BCUT2D eigenvalue weighted by molar-refractivity contribution is 5.17. The van der Waals surface area contributed by atoms with E-state index in [2.05, 4.69) is 96.9 Å². The van der Waals surface area contributed by atoms with Crippen LogP contribution in [0.2, 0.25) is 0 Å². The minimum Gasteiger partial charge on any atom is -0.0625 e. The van der Waals surface area contributed by atoms with Gasteiger partial charge in [0.2, 0.25) is 0 Å². The van der Waals surface area contributed by atoms with Gasteiger partial charge in [0.1, 0.15) is 0 Å². The van der Waals surface area contributed by atoms with E-state index in [1.807, 2.05) is 0 Å². The fourth-order valence-electron chi connectivity index (χ4n) is 6.48. The molecule has 1 aliphatic carbocycles. The molecule has 4 unspecified atom stereocenters. The molecule has 0 N–H and O–H groups in total. The Hall–Kier alpha value is 0. The summed E-state index contributed by atoms with van der Waals surface area (Å²) in [6, 6.07) is 0. The van der Waals surface area contributed by atoms with E-state index in [0.717, 1.165) is 11.8 Å². The normalized spacial score (nSPS) is 35.6. The number of hydrogen-bond donors (Lipinski definition) is 0. The first-order chi connectivity index (χ1) is 9.91. The van der Waals surface area contributed by atoms with Gasteiger partial charge in [0.05, 0.1) is 0 Å². The molecule has 1 rings (SSSR count). The molecular formula is C23H46. The first-order valence-corrected chi connectivity index (χ1v) is 9.91. The third-order valence-electron chi connectivity index (χ3n) is 10.6. The zero-order chi connectivity index (χ0) is 18.8. The van der Waals surface area contributed by atoms with Crippen LogP contribution in [-0.2, 0) is 0 Å². The van der Waals surface area contributed by atoms with Crippen LogP contribution in [0.5, 0.6) is 0 Å². The standard InChI is InChI=1S/C23H46/c1-15(2)16(3)20(8,9)22(12,13)23(14)18(5)19(6,7)17(4)21(23,10)11/h15-18H,1-14H3. The Balaban J connectivity index is 3.58. The first kappa shape index (κ1) is 21.0. The molecule has 0 bridgehead atoms. The molecule has 0 nitrogen and oxygen atoms in total. The lowest BCUT2D eigenvalue weighted by molar-refractivity contribution is -0.144. The molecule has 0 aromatic heterocycles. The number of rotatable bonds is 4. The maximum absolute atomic E-state index is 2.61. The van der Waals surface area contributed by atoms with Crippen molar-refractivity contribution in [1.82, 2.24) is 0 Å². The lowest BCUT2D eigenvalue weighted by atomic mass is 9.42. The second kappa shape index (κ2) is 5.50. The van der Waals surface area contributed by atoms with Crippen molar-refractivity contribution >= 4 is 0 Å². The minimum absolute atomic E-state index is 0.259. The minimum atomic E-state index is 0.259. The van der Waals surface area contributed by atoms with Crippen LogP contribution in [-0.4, -0.2) is 0 Å². The Morgan fingerprint density at radius 2 is 1.13 bits per heavy atom. The van der Waals surface area contributed by atoms with E-state index >= 15 is 0 Å². The second-order valence-electron chi connectivity index (χ2n) is 11.6. The molecule has 0 heteroatoms. The zero-order valence-electron chi connectivity index (χ0n) is 18.8. The van der Waals surface area contributed by atoms with Crippen molar-refractivity contribution in [3.8, 4) is 0 Å². The summed E-state index contributed by atoms with van der Waals surface area (Å²) in [5.74, 6) is 2.85. The Kier molecular flexibility index (Phi) is 5.03. The molecule has 1 saturated carbocycles. The molecule has 0 aromatic carbocycles. The summed E-state index contributed by atoms with van der Waals surface area (Å²) in [5.41, 5.74) is 1.56. The van der Waals surface area contributed by atoms with Crippen molar-refractivity contribution < 1.29 is 0 Å². The quantitative estimate of drug-likeness (QED) is 0.498. The molecule has 0 saturated heterocycles. The predicted molar refractivity (Wildman–Crippen MR) is 106 cm³/mol. The van der Waals surface area contributed by atoms with Gasteiger partial charge in [0.25, 0.3) is 0 Å². The summed E-state index contributed by atoms with van der Waals surface area (Å²) < 4.78 is 0. The third kappa shape index (κ3) is 2.36. The van der Waals surface area contributed by atoms with Crippen molar-refractivity contribution in [3.05, 3.63) is 0 Å². The van der Waals surface area contributed by atoms with E-state index in [9.17, 15) is 0 Å². The smallest absolute Gasteiger partial charge is 0.0185 e. The van der Waals surface area contributed by atoms with Gasteiger partial charge in [0, 0.05) is 0 Å². The summed E-state index contributed by atoms with van der Waals surface area (Å²) in [4.78, 5) is 0. The van der Waals surface area contributed by atoms with Crippen LogP contribution >= 0.6 is 0 Å². The summed E-state index contributed by atoms with van der Waals surface area (Å²) in [7, 11) is 0. The fourth-order valence-corrected chi connectivity index (χ4v) is 6.48. The highest BCUT2D eigenvalue weighted by atomic mass is 14.7. The molecule has 0 heterocycles. The third-order valence-corrected chi connectivity index (χ3v) is 10.6. The van der Waals surface area contributed by atoms with Crippen molar-refractivity contribution in [1.29, 1.82) is 0 Å². The monoisotopic (exact) mass is 322 g/mol. The molecule has 0 aliphatic heterocycles. The van der Waals surface area contributed by atoms with Crippen LogP contribution < -0.4 is 0 Å². The fraction of sp³-hybridized carbons (Fsp3) is 1.00. The van der Waals surface area contributed by atoms with Gasteiger partial charge in [-0.1, -0.05) is 96.9 Å². The van der Waals surface area contributed by atoms with E-state index in [1.54, 1.807) is 0 Å². The predicted octanol–water partition coefficient (Wildman–Crippen LogP) is 7.68. The topological polar surface area (TPSA) is 0 Å². The van der Waals surface area contributed by atoms with E-state index in [0.29, 0.717) is 33.5 Å². The summed E-state index contributed by atoms with van der Waals surface area (Å²) in [6.07, 6.45) is 0. The molecule has 23 heavy (non-hydrogen) atoms. The van der Waals surface area contributed by atoms with Crippen LogP contribution in [0.1, 0.15) is 96.9 Å². The van der Waals surface area contributed by atoms with Crippen LogP contribution in [0.4, 0.5) is 0 Å². The number of hydrogen-bond acceptors (Lipinski definition) is 0. The highest BCUT2D eigenvalue weighted by Crippen LogP contribution is 2.75. The van der Waals surface area contributed by atoms with Gasteiger partial charge in [-0.3, -0.25) is 0 Å². The lowest BCUT2D eigenvalue weighted by Gasteiger charge is -2.62. The largest absolute Gasteiger partial charge is 0.0625 e. The van der Waals surface area contributed by atoms with E-state index in [1.165, 1.54) is 0 Å². The molecular weight excluding hydrogens is 276 g/mol. The molecule has 0 spiro atoms. The van der Waals surface area contributed by atoms with Crippen LogP contribution in [0.3, 0.4) is 0 Å². The Morgan fingerprint density at radius 3 is 1.39 bits per heavy atom. The molecule has 0 amide bonds. The van der Waals surface area contributed by atoms with Gasteiger partial charge in [0.15, 0.2) is 0 Å². The molecule has 0 radical (unpaired) electrons. The first-order valence-electron chi connectivity index (χ1n) is 9.91. The van der Waals surface area contributed by atoms with Crippen LogP contribution in [0.25, 0.3) is 0 Å². The average Bonchev–Trinajstić information content (AvgIpc) is 2.50. The van der Waals surface area contributed by atoms with Crippen molar-refractivity contribution in [2.24, 2.45) is 50.7 Å². The average molecular weight is 323 g/mol. The molecule has 4 atom stereocenters. The molecule has 1 aliphatic rings. The Labute approximate surface area is 148 Å². The van der Waals surface area contributed by atoms with Gasteiger partial charge < -0.3 is 0 Å². The SMILES string of the molecule is CC(C)C(C)C(C)(C)C(C)(C)C1(C)C(C)C(C)(C)C(C)C1(C)C. The highest BCUT2D eigenvalue weighted by Gasteiger charge is 2.69. The van der Waals surface area contributed by atoms with Gasteiger partial charge in [-0.25, -0.2) is 0 Å². The van der Waals surface area contributed by atoms with Crippen molar-refractivity contribution in [3.63, 3.8) is 0 Å². The maximum atomic E-state index is 2.61. The van der Waals surface area contributed by atoms with E-state index in [-0.39, 0.29) is 5.41 Å². The second-order valence-corrected chi connectivity index (χ2v) is 11.6. The molecule has 0 aromatic rings. The van der Waals surface area contributed by atoms with Crippen LogP contribution in [0, 0.1) is 50.7 Å². The van der Waals surface area contributed by atoms with Gasteiger partial charge in [-0.15, -0.1) is 0 Å². The van der Waals surface area contributed by atoms with Gasteiger partial charge >= 0.3 is 0 Å². The zero-order valence-corrected chi connectivity index (χ0v) is 18.8. The molecule has 138 valence electrons. The maximum Gasteiger partial charge on any atom is -0.0185 e.